The first-order valence-corrected chi connectivity index (χ1v) is 11.9. The van der Waals surface area contributed by atoms with Crippen molar-refractivity contribution in [3.05, 3.63) is 42.5 Å². The molecule has 1 heterocycles. The number of fused-ring (bicyclic) bond motifs is 1. The molecule has 2 aromatic carbocycles. The number of methoxy groups -OCH3 is 1. The quantitative estimate of drug-likeness (QED) is 0.359. The number of amides is 1. The number of rotatable bonds is 10. The van der Waals surface area contributed by atoms with Crippen LogP contribution in [-0.4, -0.2) is 38.7 Å². The lowest BCUT2D eigenvalue weighted by Gasteiger charge is -2.11. The van der Waals surface area contributed by atoms with Crippen molar-refractivity contribution in [2.45, 2.75) is 29.9 Å². The lowest BCUT2D eigenvalue weighted by molar-refractivity contribution is -0.118. The molecule has 0 radical (unpaired) electrons. The topological polar surface area (TPSA) is 111 Å². The molecule has 1 aromatic heterocycles. The maximum Gasteiger partial charge on any atom is 0.262 e. The number of nitrogens with zero attached hydrogens (tertiary/aromatic N) is 1. The Labute approximate surface area is 179 Å². The van der Waals surface area contributed by atoms with Crippen LogP contribution in [0.2, 0.25) is 0 Å². The van der Waals surface area contributed by atoms with Crippen molar-refractivity contribution in [2.75, 3.05) is 24.1 Å². The van der Waals surface area contributed by atoms with Crippen LogP contribution < -0.4 is 14.8 Å². The molecule has 0 atom stereocenters. The monoisotopic (exact) mass is 449 g/mol. The van der Waals surface area contributed by atoms with Gasteiger partial charge < -0.3 is 14.5 Å². The van der Waals surface area contributed by atoms with Crippen molar-refractivity contribution in [1.29, 1.82) is 0 Å². The third-order valence-corrected chi connectivity index (χ3v) is 6.37. The number of carbonyl (C=O) groups is 1. The summed E-state index contributed by atoms with van der Waals surface area (Å²) in [5, 5.41) is 3.13. The van der Waals surface area contributed by atoms with Gasteiger partial charge in [0.2, 0.25) is 5.91 Å². The smallest absolute Gasteiger partial charge is 0.262 e. The van der Waals surface area contributed by atoms with Crippen LogP contribution in [0.1, 0.15) is 19.8 Å². The summed E-state index contributed by atoms with van der Waals surface area (Å²) in [6.45, 7) is 2.70. The molecule has 30 heavy (non-hydrogen) atoms. The van der Waals surface area contributed by atoms with Crippen LogP contribution in [0.3, 0.4) is 0 Å². The summed E-state index contributed by atoms with van der Waals surface area (Å²) in [6.07, 6.45) is 1.94. The summed E-state index contributed by atoms with van der Waals surface area (Å²) < 4.78 is 38.9. The summed E-state index contributed by atoms with van der Waals surface area (Å²) in [5.74, 6) is 0.497. The minimum atomic E-state index is -3.85. The number of hydrogen-bond donors (Lipinski definition) is 2. The molecule has 0 aliphatic heterocycles. The predicted molar refractivity (Wildman–Crippen MR) is 116 cm³/mol. The van der Waals surface area contributed by atoms with Gasteiger partial charge in [0.25, 0.3) is 15.2 Å². The predicted octanol–water partition coefficient (Wildman–Crippen LogP) is 3.65. The van der Waals surface area contributed by atoms with Crippen molar-refractivity contribution in [3.63, 3.8) is 0 Å². The molecule has 3 aromatic rings. The lowest BCUT2D eigenvalue weighted by atomic mass is 10.3. The van der Waals surface area contributed by atoms with Gasteiger partial charge in [-0.05, 0) is 36.8 Å². The van der Waals surface area contributed by atoms with Crippen LogP contribution in [0, 0.1) is 0 Å². The first kappa shape index (κ1) is 22.0. The molecule has 0 aliphatic carbocycles. The Balaban J connectivity index is 1.72. The highest BCUT2D eigenvalue weighted by molar-refractivity contribution is 7.99. The van der Waals surface area contributed by atoms with Crippen LogP contribution in [0.4, 0.5) is 5.69 Å². The second kappa shape index (κ2) is 9.86. The summed E-state index contributed by atoms with van der Waals surface area (Å²) in [6, 6.07) is 11.2. The maximum absolute atomic E-state index is 12.8. The van der Waals surface area contributed by atoms with E-state index in [1.807, 2.05) is 0 Å². The van der Waals surface area contributed by atoms with Gasteiger partial charge in [-0.1, -0.05) is 37.2 Å². The molecular formula is C20H23N3O5S2. The number of carbonyl (C=O) groups excluding carboxylic acids is 1. The second-order valence-electron chi connectivity index (χ2n) is 6.41. The number of unbranched alkanes of at least 4 members (excludes halogenated alkanes) is 1. The van der Waals surface area contributed by atoms with Gasteiger partial charge in [0.15, 0.2) is 5.58 Å². The molecule has 0 spiro atoms. The van der Waals surface area contributed by atoms with E-state index in [-0.39, 0.29) is 16.6 Å². The van der Waals surface area contributed by atoms with E-state index in [1.54, 1.807) is 30.3 Å². The average Bonchev–Trinajstić information content (AvgIpc) is 3.15. The molecule has 3 rings (SSSR count). The molecule has 10 heteroatoms. The molecule has 0 saturated heterocycles. The SMILES string of the molecule is CCCCNC(=O)CSc1nc2cc(S(=O)(=O)Nc3ccccc3OC)ccc2o1. The van der Waals surface area contributed by atoms with Crippen molar-refractivity contribution in [2.24, 2.45) is 0 Å². The number of oxazole rings is 1. The highest BCUT2D eigenvalue weighted by atomic mass is 32.2. The van der Waals surface area contributed by atoms with Crippen molar-refractivity contribution in [1.82, 2.24) is 10.3 Å². The summed E-state index contributed by atoms with van der Waals surface area (Å²) in [4.78, 5) is 16.2. The minimum absolute atomic E-state index is 0.0445. The van der Waals surface area contributed by atoms with Crippen LogP contribution in [0.5, 0.6) is 5.75 Å². The number of benzene rings is 2. The second-order valence-corrected chi connectivity index (χ2v) is 9.02. The standard InChI is InChI=1S/C20H23N3O5S2/c1-3-4-11-21-19(24)13-29-20-22-16-12-14(9-10-18(16)28-20)30(25,26)23-15-7-5-6-8-17(15)27-2/h5-10,12,23H,3-4,11,13H2,1-2H3,(H,21,24). The van der Waals surface area contributed by atoms with Crippen molar-refractivity contribution < 1.29 is 22.4 Å². The van der Waals surface area contributed by atoms with Gasteiger partial charge in [0.1, 0.15) is 11.3 Å². The molecule has 0 aliphatic rings. The van der Waals surface area contributed by atoms with Crippen LogP contribution in [-0.2, 0) is 14.8 Å². The third-order valence-electron chi connectivity index (χ3n) is 4.18. The Morgan fingerprint density at radius 1 is 1.23 bits per heavy atom. The van der Waals surface area contributed by atoms with Gasteiger partial charge in [-0.2, -0.15) is 0 Å². The van der Waals surface area contributed by atoms with Gasteiger partial charge in [-0.15, -0.1) is 0 Å². The van der Waals surface area contributed by atoms with E-state index < -0.39 is 10.0 Å². The van der Waals surface area contributed by atoms with Crippen molar-refractivity contribution in [3.8, 4) is 5.75 Å². The minimum Gasteiger partial charge on any atom is -0.495 e. The third kappa shape index (κ3) is 5.45. The van der Waals surface area contributed by atoms with E-state index >= 15 is 0 Å². The molecular weight excluding hydrogens is 426 g/mol. The van der Waals surface area contributed by atoms with E-state index in [2.05, 4.69) is 21.9 Å². The maximum atomic E-state index is 12.8. The number of ether oxygens (including phenoxy) is 1. The number of para-hydroxylation sites is 2. The van der Waals surface area contributed by atoms with Gasteiger partial charge in [0.05, 0.1) is 23.4 Å². The van der Waals surface area contributed by atoms with Gasteiger partial charge in [0, 0.05) is 6.54 Å². The summed E-state index contributed by atoms with van der Waals surface area (Å²) >= 11 is 1.16. The molecule has 160 valence electrons. The first-order valence-electron chi connectivity index (χ1n) is 9.39. The van der Waals surface area contributed by atoms with Crippen molar-refractivity contribution >= 4 is 44.5 Å². The van der Waals surface area contributed by atoms with E-state index in [1.165, 1.54) is 19.2 Å². The Kier molecular flexibility index (Phi) is 7.22. The van der Waals surface area contributed by atoms with E-state index in [0.717, 1.165) is 24.6 Å². The van der Waals surface area contributed by atoms with Crippen LogP contribution in [0.15, 0.2) is 57.0 Å². The fraction of sp³-hybridized carbons (Fsp3) is 0.300. The first-order chi connectivity index (χ1) is 14.4. The van der Waals surface area contributed by atoms with E-state index in [4.69, 9.17) is 9.15 Å². The Bertz CT molecular complexity index is 1130. The van der Waals surface area contributed by atoms with Gasteiger partial charge in [-0.25, -0.2) is 13.4 Å². The normalized spacial score (nSPS) is 11.4. The van der Waals surface area contributed by atoms with Gasteiger partial charge in [-0.3, -0.25) is 9.52 Å². The molecule has 2 N–H and O–H groups in total. The number of hydrogen-bond acceptors (Lipinski definition) is 7. The van der Waals surface area contributed by atoms with Crippen LogP contribution >= 0.6 is 11.8 Å². The van der Waals surface area contributed by atoms with E-state index in [0.29, 0.717) is 34.3 Å². The van der Waals surface area contributed by atoms with Crippen LogP contribution in [0.25, 0.3) is 11.1 Å². The summed E-state index contributed by atoms with van der Waals surface area (Å²) in [7, 11) is -2.38. The number of anilines is 1. The molecule has 0 fully saturated rings. The zero-order valence-electron chi connectivity index (χ0n) is 16.7. The largest absolute Gasteiger partial charge is 0.495 e. The highest BCUT2D eigenvalue weighted by Gasteiger charge is 2.18. The van der Waals surface area contributed by atoms with Gasteiger partial charge >= 0.3 is 0 Å². The fourth-order valence-corrected chi connectivity index (χ4v) is 4.39. The number of nitrogens with one attached hydrogen (secondary N) is 2. The zero-order valence-corrected chi connectivity index (χ0v) is 18.3. The fourth-order valence-electron chi connectivity index (χ4n) is 2.63. The Morgan fingerprint density at radius 2 is 2.03 bits per heavy atom. The summed E-state index contributed by atoms with van der Waals surface area (Å²) in [5.41, 5.74) is 1.18. The molecule has 1 amide bonds. The highest BCUT2D eigenvalue weighted by Crippen LogP contribution is 2.28. The number of thioether (sulfide) groups is 1. The molecule has 0 saturated carbocycles. The number of sulfonamides is 1. The average molecular weight is 450 g/mol. The lowest BCUT2D eigenvalue weighted by Crippen LogP contribution is -2.25. The van der Waals surface area contributed by atoms with E-state index in [9.17, 15) is 13.2 Å². The molecule has 0 unspecified atom stereocenters. The number of aromatic nitrogens is 1. The Hall–Kier alpha value is -2.72. The molecule has 0 bridgehead atoms. The Morgan fingerprint density at radius 3 is 2.80 bits per heavy atom. The zero-order chi connectivity index (χ0) is 21.6. The molecule has 8 nitrogen and oxygen atoms in total.